The summed E-state index contributed by atoms with van der Waals surface area (Å²) in [6.45, 7) is 2.89. The van der Waals surface area contributed by atoms with Gasteiger partial charge in [-0.15, -0.1) is 0 Å². The third kappa shape index (κ3) is 5.47. The van der Waals surface area contributed by atoms with Gasteiger partial charge in [0.25, 0.3) is 5.91 Å². The van der Waals surface area contributed by atoms with Gasteiger partial charge in [0.1, 0.15) is 12.3 Å². The van der Waals surface area contributed by atoms with E-state index in [4.69, 9.17) is 4.74 Å². The number of fused-ring (bicyclic) bond motifs is 1. The molecule has 1 heterocycles. The first kappa shape index (κ1) is 21.4. The molecule has 0 radical (unpaired) electrons. The van der Waals surface area contributed by atoms with Crippen molar-refractivity contribution in [1.82, 2.24) is 15.2 Å². The number of aromatic nitrogens is 1. The molecule has 31 heavy (non-hydrogen) atoms. The van der Waals surface area contributed by atoms with Gasteiger partial charge in [-0.3, -0.25) is 9.59 Å². The number of rotatable bonds is 9. The van der Waals surface area contributed by atoms with Crippen LogP contribution in [0.5, 0.6) is 5.75 Å². The molecule has 0 atom stereocenters. The van der Waals surface area contributed by atoms with E-state index in [1.54, 1.807) is 0 Å². The SMILES string of the molecule is Cc1c(Br)c2ccccc2n1CC(=O)NCCc1ccc(OCC(=O)NC2CC2)cc1. The molecule has 1 aromatic heterocycles. The number of hydrogen-bond donors (Lipinski definition) is 2. The van der Waals surface area contributed by atoms with E-state index in [2.05, 4.69) is 26.6 Å². The van der Waals surface area contributed by atoms with Gasteiger partial charge in [-0.2, -0.15) is 0 Å². The zero-order valence-electron chi connectivity index (χ0n) is 17.5. The third-order valence-corrected chi connectivity index (χ3v) is 6.43. The first-order chi connectivity index (χ1) is 15.0. The Morgan fingerprint density at radius 2 is 1.84 bits per heavy atom. The van der Waals surface area contributed by atoms with Gasteiger partial charge in [-0.1, -0.05) is 30.3 Å². The number of nitrogens with one attached hydrogen (secondary N) is 2. The van der Waals surface area contributed by atoms with Crippen LogP contribution in [0.1, 0.15) is 24.1 Å². The normalized spacial score (nSPS) is 13.2. The van der Waals surface area contributed by atoms with Gasteiger partial charge in [0.2, 0.25) is 5.91 Å². The molecule has 3 aromatic rings. The van der Waals surface area contributed by atoms with Crippen LogP contribution in [0.4, 0.5) is 0 Å². The lowest BCUT2D eigenvalue weighted by atomic mass is 10.1. The van der Waals surface area contributed by atoms with Crippen molar-refractivity contribution in [2.24, 2.45) is 0 Å². The molecule has 1 fully saturated rings. The van der Waals surface area contributed by atoms with Gasteiger partial charge >= 0.3 is 0 Å². The molecule has 1 saturated carbocycles. The molecule has 2 N–H and O–H groups in total. The minimum absolute atomic E-state index is 0.0158. The number of halogens is 1. The van der Waals surface area contributed by atoms with E-state index in [1.807, 2.05) is 60.0 Å². The van der Waals surface area contributed by atoms with Crippen molar-refractivity contribution in [3.8, 4) is 5.75 Å². The maximum atomic E-state index is 12.5. The fraction of sp³-hybridized carbons (Fsp3) is 0.333. The Morgan fingerprint density at radius 1 is 1.10 bits per heavy atom. The van der Waals surface area contributed by atoms with Gasteiger partial charge in [0, 0.05) is 33.7 Å². The fourth-order valence-corrected chi connectivity index (χ4v) is 4.09. The molecule has 0 saturated heterocycles. The Balaban J connectivity index is 1.23. The summed E-state index contributed by atoms with van der Waals surface area (Å²) in [6.07, 6.45) is 2.86. The van der Waals surface area contributed by atoms with Crippen LogP contribution in [-0.4, -0.2) is 35.6 Å². The highest BCUT2D eigenvalue weighted by Crippen LogP contribution is 2.30. The molecule has 0 spiro atoms. The van der Waals surface area contributed by atoms with Crippen LogP contribution in [0.2, 0.25) is 0 Å². The number of ether oxygens (including phenoxy) is 1. The number of carbonyl (C=O) groups is 2. The Hall–Kier alpha value is -2.80. The van der Waals surface area contributed by atoms with Gasteiger partial charge in [-0.25, -0.2) is 0 Å². The highest BCUT2D eigenvalue weighted by Gasteiger charge is 2.23. The van der Waals surface area contributed by atoms with Crippen LogP contribution in [0, 0.1) is 6.92 Å². The predicted molar refractivity (Wildman–Crippen MR) is 124 cm³/mol. The van der Waals surface area contributed by atoms with E-state index in [1.165, 1.54) is 0 Å². The number of hydrogen-bond acceptors (Lipinski definition) is 3. The first-order valence-corrected chi connectivity index (χ1v) is 11.3. The summed E-state index contributed by atoms with van der Waals surface area (Å²) in [4.78, 5) is 24.2. The second-order valence-electron chi connectivity index (χ2n) is 7.88. The summed E-state index contributed by atoms with van der Waals surface area (Å²) in [5.41, 5.74) is 3.18. The van der Waals surface area contributed by atoms with E-state index in [0.717, 1.165) is 45.9 Å². The van der Waals surface area contributed by atoms with E-state index >= 15 is 0 Å². The van der Waals surface area contributed by atoms with E-state index in [-0.39, 0.29) is 25.0 Å². The molecule has 2 amide bonds. The molecule has 7 heteroatoms. The molecule has 1 aliphatic rings. The summed E-state index contributed by atoms with van der Waals surface area (Å²) < 4.78 is 8.58. The van der Waals surface area contributed by atoms with E-state index in [0.29, 0.717) is 18.3 Å². The largest absolute Gasteiger partial charge is 0.484 e. The maximum Gasteiger partial charge on any atom is 0.258 e. The number of benzene rings is 2. The van der Waals surface area contributed by atoms with Gasteiger partial charge in [0.05, 0.1) is 0 Å². The third-order valence-electron chi connectivity index (χ3n) is 5.43. The molecular weight excluding hydrogens is 458 g/mol. The Morgan fingerprint density at radius 3 is 2.58 bits per heavy atom. The maximum absolute atomic E-state index is 12.5. The number of carbonyl (C=O) groups excluding carboxylic acids is 2. The molecule has 162 valence electrons. The lowest BCUT2D eigenvalue weighted by Gasteiger charge is -2.10. The summed E-state index contributed by atoms with van der Waals surface area (Å²) in [7, 11) is 0. The molecule has 0 aliphatic heterocycles. The zero-order chi connectivity index (χ0) is 21.8. The van der Waals surface area contributed by atoms with Crippen molar-refractivity contribution in [3.05, 3.63) is 64.3 Å². The quantitative estimate of drug-likeness (QED) is 0.486. The summed E-state index contributed by atoms with van der Waals surface area (Å²) in [5, 5.41) is 7.01. The van der Waals surface area contributed by atoms with Crippen LogP contribution in [-0.2, 0) is 22.6 Å². The Kier molecular flexibility index (Phi) is 6.61. The van der Waals surface area contributed by atoms with Crippen LogP contribution in [0.25, 0.3) is 10.9 Å². The number of para-hydroxylation sites is 1. The van der Waals surface area contributed by atoms with E-state index < -0.39 is 0 Å². The molecule has 2 aromatic carbocycles. The second kappa shape index (κ2) is 9.56. The highest BCUT2D eigenvalue weighted by molar-refractivity contribution is 9.10. The number of amides is 2. The molecular formula is C24H26BrN3O3. The van der Waals surface area contributed by atoms with Crippen LogP contribution in [0.15, 0.2) is 53.0 Å². The first-order valence-electron chi connectivity index (χ1n) is 10.5. The van der Waals surface area contributed by atoms with Gasteiger partial charge in [0.15, 0.2) is 6.61 Å². The van der Waals surface area contributed by atoms with Gasteiger partial charge < -0.3 is 19.9 Å². The smallest absolute Gasteiger partial charge is 0.258 e. The minimum atomic E-state index is -0.0768. The van der Waals surface area contributed by atoms with Crippen molar-refractivity contribution in [1.29, 1.82) is 0 Å². The van der Waals surface area contributed by atoms with Crippen LogP contribution in [0.3, 0.4) is 0 Å². The van der Waals surface area contributed by atoms with Crippen molar-refractivity contribution in [2.45, 2.75) is 38.8 Å². The molecule has 6 nitrogen and oxygen atoms in total. The monoisotopic (exact) mass is 483 g/mol. The minimum Gasteiger partial charge on any atom is -0.484 e. The predicted octanol–water partition coefficient (Wildman–Crippen LogP) is 3.73. The molecule has 0 bridgehead atoms. The summed E-state index contributed by atoms with van der Waals surface area (Å²) in [5.74, 6) is 0.573. The van der Waals surface area contributed by atoms with Crippen molar-refractivity contribution < 1.29 is 14.3 Å². The standard InChI is InChI=1S/C24H26BrN3O3/c1-16-24(25)20-4-2-3-5-21(20)28(16)14-22(29)26-13-12-17-6-10-19(11-7-17)31-15-23(30)27-18-8-9-18/h2-7,10-11,18H,8-9,12-15H2,1H3,(H,26,29)(H,27,30). The average molecular weight is 484 g/mol. The van der Waals surface area contributed by atoms with Crippen molar-refractivity contribution in [3.63, 3.8) is 0 Å². The second-order valence-corrected chi connectivity index (χ2v) is 8.67. The Labute approximate surface area is 190 Å². The summed E-state index contributed by atoms with van der Waals surface area (Å²) >= 11 is 3.63. The fourth-order valence-electron chi connectivity index (χ4n) is 3.54. The average Bonchev–Trinajstić information content (AvgIpc) is 3.56. The van der Waals surface area contributed by atoms with Gasteiger partial charge in [-0.05, 0) is 65.9 Å². The summed E-state index contributed by atoms with van der Waals surface area (Å²) in [6, 6.07) is 16.0. The Bertz CT molecular complexity index is 1090. The zero-order valence-corrected chi connectivity index (χ0v) is 19.1. The number of nitrogens with zero attached hydrogens (tertiary/aromatic N) is 1. The highest BCUT2D eigenvalue weighted by atomic mass is 79.9. The molecule has 4 rings (SSSR count). The van der Waals surface area contributed by atoms with Crippen molar-refractivity contribution >= 4 is 38.6 Å². The van der Waals surface area contributed by atoms with Crippen LogP contribution >= 0.6 is 15.9 Å². The molecule has 0 unspecified atom stereocenters. The van der Waals surface area contributed by atoms with Crippen LogP contribution < -0.4 is 15.4 Å². The molecule has 1 aliphatic carbocycles. The van der Waals surface area contributed by atoms with Crippen molar-refractivity contribution in [2.75, 3.05) is 13.2 Å². The van der Waals surface area contributed by atoms with E-state index in [9.17, 15) is 9.59 Å². The lowest BCUT2D eigenvalue weighted by Crippen LogP contribution is -2.30. The topological polar surface area (TPSA) is 72.4 Å². The lowest BCUT2D eigenvalue weighted by molar-refractivity contribution is -0.123.